The summed E-state index contributed by atoms with van der Waals surface area (Å²) in [6, 6.07) is 1.69. The summed E-state index contributed by atoms with van der Waals surface area (Å²) in [5.74, 6) is 0.328. The van der Waals surface area contributed by atoms with Crippen LogP contribution < -0.4 is 5.32 Å². The van der Waals surface area contributed by atoms with Crippen LogP contribution in [0.2, 0.25) is 0 Å². The van der Waals surface area contributed by atoms with E-state index in [1.165, 1.54) is 6.42 Å². The molecule has 4 nitrogen and oxygen atoms in total. The molecule has 6 heteroatoms. The van der Waals surface area contributed by atoms with Crippen LogP contribution in [0.4, 0.5) is 0 Å². The Kier molecular flexibility index (Phi) is 4.63. The van der Waals surface area contributed by atoms with Crippen LogP contribution in [0.1, 0.15) is 46.3 Å². The molecule has 0 spiro atoms. The maximum atomic E-state index is 12.4. The zero-order valence-corrected chi connectivity index (χ0v) is 14.1. The Morgan fingerprint density at radius 3 is 2.38 bits per heavy atom. The van der Waals surface area contributed by atoms with E-state index in [0.717, 1.165) is 18.4 Å². The van der Waals surface area contributed by atoms with E-state index in [9.17, 15) is 13.2 Å². The van der Waals surface area contributed by atoms with Gasteiger partial charge >= 0.3 is 0 Å². The number of halogens is 1. The van der Waals surface area contributed by atoms with Crippen LogP contribution in [-0.4, -0.2) is 20.9 Å². The lowest BCUT2D eigenvalue weighted by molar-refractivity contribution is 0.0937. The maximum absolute atomic E-state index is 12.4. The minimum atomic E-state index is -3.87. The van der Waals surface area contributed by atoms with Gasteiger partial charge in [-0.1, -0.05) is 12.5 Å². The molecular weight excluding hydrogens is 310 g/mol. The van der Waals surface area contributed by atoms with E-state index in [1.807, 2.05) is 6.92 Å². The fourth-order valence-electron chi connectivity index (χ4n) is 2.91. The highest BCUT2D eigenvalue weighted by molar-refractivity contribution is 8.13. The van der Waals surface area contributed by atoms with Gasteiger partial charge in [-0.2, -0.15) is 0 Å². The monoisotopic (exact) mass is 329 g/mol. The summed E-state index contributed by atoms with van der Waals surface area (Å²) < 4.78 is 23.4. The summed E-state index contributed by atoms with van der Waals surface area (Å²) in [5, 5.41) is 2.90. The number of hydrogen-bond donors (Lipinski definition) is 1. The van der Waals surface area contributed by atoms with Crippen molar-refractivity contribution in [2.45, 2.75) is 44.9 Å². The average Bonchev–Trinajstić information content (AvgIpc) is 2.23. The molecule has 1 fully saturated rings. The number of carbonyl (C=O) groups is 1. The summed E-state index contributed by atoms with van der Waals surface area (Å²) in [5.41, 5.74) is 2.17. The fraction of sp³-hybridized carbons (Fsp3) is 0.533. The Bertz CT molecular complexity index is 679. The zero-order chi connectivity index (χ0) is 15.8. The third kappa shape index (κ3) is 3.40. The molecule has 2 rings (SSSR count). The Balaban J connectivity index is 2.36. The van der Waals surface area contributed by atoms with Crippen LogP contribution in [0.15, 0.2) is 11.0 Å². The minimum absolute atomic E-state index is 0.0450. The molecule has 0 atom stereocenters. The third-order valence-corrected chi connectivity index (χ3v) is 5.73. The third-order valence-electron chi connectivity index (χ3n) is 4.15. The first-order valence-corrected chi connectivity index (χ1v) is 9.36. The van der Waals surface area contributed by atoms with E-state index in [1.54, 1.807) is 19.9 Å². The van der Waals surface area contributed by atoms with Crippen LogP contribution in [0.3, 0.4) is 0 Å². The number of carbonyl (C=O) groups excluding carboxylic acids is 1. The van der Waals surface area contributed by atoms with E-state index in [2.05, 4.69) is 5.32 Å². The molecule has 21 heavy (non-hydrogen) atoms. The van der Waals surface area contributed by atoms with Gasteiger partial charge in [-0.05, 0) is 56.2 Å². The summed E-state index contributed by atoms with van der Waals surface area (Å²) in [7, 11) is 1.63. The van der Waals surface area contributed by atoms with Crippen molar-refractivity contribution in [1.29, 1.82) is 0 Å². The van der Waals surface area contributed by atoms with Crippen molar-refractivity contribution < 1.29 is 13.2 Å². The number of hydrogen-bond acceptors (Lipinski definition) is 3. The summed E-state index contributed by atoms with van der Waals surface area (Å²) in [6.45, 7) is 5.77. The van der Waals surface area contributed by atoms with E-state index >= 15 is 0 Å². The first-order valence-electron chi connectivity index (χ1n) is 7.05. The molecule has 1 aliphatic rings. The van der Waals surface area contributed by atoms with Gasteiger partial charge in [0.1, 0.15) is 0 Å². The molecule has 1 aliphatic carbocycles. The second-order valence-electron chi connectivity index (χ2n) is 5.78. The average molecular weight is 330 g/mol. The van der Waals surface area contributed by atoms with E-state index in [-0.39, 0.29) is 10.8 Å². The normalized spacial score (nSPS) is 15.6. The van der Waals surface area contributed by atoms with Crippen molar-refractivity contribution in [3.05, 3.63) is 28.3 Å². The molecule has 0 radical (unpaired) electrons. The Morgan fingerprint density at radius 2 is 1.90 bits per heavy atom. The van der Waals surface area contributed by atoms with Gasteiger partial charge in [0.25, 0.3) is 15.0 Å². The largest absolute Gasteiger partial charge is 0.352 e. The van der Waals surface area contributed by atoms with E-state index < -0.39 is 9.05 Å². The lowest BCUT2D eigenvalue weighted by Crippen LogP contribution is -2.33. The molecule has 1 N–H and O–H groups in total. The zero-order valence-electron chi connectivity index (χ0n) is 12.5. The quantitative estimate of drug-likeness (QED) is 0.863. The van der Waals surface area contributed by atoms with Crippen molar-refractivity contribution in [2.75, 3.05) is 6.54 Å². The van der Waals surface area contributed by atoms with E-state index in [4.69, 9.17) is 10.7 Å². The summed E-state index contributed by atoms with van der Waals surface area (Å²) in [6.07, 6.45) is 3.51. The SMILES string of the molecule is Cc1cc(C)c(S(=O)(=O)Cl)c(C)c1C(=O)NCC1CCC1. The van der Waals surface area contributed by atoms with Crippen LogP contribution >= 0.6 is 10.7 Å². The predicted molar refractivity (Wildman–Crippen MR) is 83.4 cm³/mol. The number of benzene rings is 1. The van der Waals surface area contributed by atoms with Crippen molar-refractivity contribution in [3.63, 3.8) is 0 Å². The number of nitrogens with one attached hydrogen (secondary N) is 1. The van der Waals surface area contributed by atoms with Crippen LogP contribution in [-0.2, 0) is 9.05 Å². The topological polar surface area (TPSA) is 63.2 Å². The minimum Gasteiger partial charge on any atom is -0.352 e. The van der Waals surface area contributed by atoms with Gasteiger partial charge in [0.2, 0.25) is 0 Å². The van der Waals surface area contributed by atoms with Crippen molar-refractivity contribution >= 4 is 25.6 Å². The molecule has 0 aromatic heterocycles. The number of rotatable bonds is 4. The Labute approximate surface area is 130 Å². The molecule has 0 saturated heterocycles. The van der Waals surface area contributed by atoms with Gasteiger partial charge in [-0.25, -0.2) is 8.42 Å². The molecule has 0 bridgehead atoms. The Hall–Kier alpha value is -1.07. The molecule has 116 valence electrons. The van der Waals surface area contributed by atoms with Crippen molar-refractivity contribution in [2.24, 2.45) is 5.92 Å². The van der Waals surface area contributed by atoms with Crippen LogP contribution in [0.25, 0.3) is 0 Å². The highest BCUT2D eigenvalue weighted by atomic mass is 35.7. The Morgan fingerprint density at radius 1 is 1.29 bits per heavy atom. The second-order valence-corrected chi connectivity index (χ2v) is 8.29. The fourth-order valence-corrected chi connectivity index (χ4v) is 4.54. The molecule has 1 amide bonds. The lowest BCUT2D eigenvalue weighted by atomic mass is 9.85. The molecule has 1 aromatic carbocycles. The predicted octanol–water partition coefficient (Wildman–Crippen LogP) is 3.07. The number of amides is 1. The molecular formula is C15H20ClNO3S. The van der Waals surface area contributed by atoms with Gasteiger partial charge in [-0.3, -0.25) is 4.79 Å². The van der Waals surface area contributed by atoms with Gasteiger partial charge < -0.3 is 5.32 Å². The van der Waals surface area contributed by atoms with Crippen LogP contribution in [0, 0.1) is 26.7 Å². The summed E-state index contributed by atoms with van der Waals surface area (Å²) >= 11 is 0. The second kappa shape index (κ2) is 5.97. The highest BCUT2D eigenvalue weighted by Crippen LogP contribution is 2.29. The van der Waals surface area contributed by atoms with Gasteiger partial charge in [0.05, 0.1) is 4.90 Å². The van der Waals surface area contributed by atoms with E-state index in [0.29, 0.717) is 29.2 Å². The molecule has 0 unspecified atom stereocenters. The summed E-state index contributed by atoms with van der Waals surface area (Å²) in [4.78, 5) is 12.4. The van der Waals surface area contributed by atoms with Crippen molar-refractivity contribution in [1.82, 2.24) is 5.32 Å². The number of aryl methyl sites for hydroxylation is 2. The van der Waals surface area contributed by atoms with Gasteiger partial charge in [0.15, 0.2) is 0 Å². The van der Waals surface area contributed by atoms with Crippen LogP contribution in [0.5, 0.6) is 0 Å². The van der Waals surface area contributed by atoms with Gasteiger partial charge in [-0.15, -0.1) is 0 Å². The molecule has 1 aromatic rings. The first-order chi connectivity index (χ1) is 9.71. The van der Waals surface area contributed by atoms with Crippen molar-refractivity contribution in [3.8, 4) is 0 Å². The highest BCUT2D eigenvalue weighted by Gasteiger charge is 2.25. The molecule has 1 saturated carbocycles. The molecule has 0 heterocycles. The molecule has 0 aliphatic heterocycles. The first kappa shape index (κ1) is 16.3. The maximum Gasteiger partial charge on any atom is 0.261 e. The lowest BCUT2D eigenvalue weighted by Gasteiger charge is -2.25. The smallest absolute Gasteiger partial charge is 0.261 e. The standard InChI is InChI=1S/C15H20ClNO3S/c1-9-7-10(2)14(21(16,19)20)11(3)13(9)15(18)17-8-12-5-4-6-12/h7,12H,4-6,8H2,1-3H3,(H,17,18). The van der Waals surface area contributed by atoms with Gasteiger partial charge in [0, 0.05) is 22.8 Å².